The first kappa shape index (κ1) is 15.8. The Balaban J connectivity index is 2.24. The summed E-state index contributed by atoms with van der Waals surface area (Å²) in [4.78, 5) is 14.5. The van der Waals surface area contributed by atoms with Crippen molar-refractivity contribution in [3.05, 3.63) is 70.8 Å². The summed E-state index contributed by atoms with van der Waals surface area (Å²) in [5.74, 6) is 0.0272. The average molecular weight is 292 g/mol. The Kier molecular flexibility index (Phi) is 4.95. The fourth-order valence-corrected chi connectivity index (χ4v) is 2.47. The third-order valence-electron chi connectivity index (χ3n) is 3.89. The Morgan fingerprint density at radius 3 is 2.23 bits per heavy atom. The predicted molar refractivity (Wildman–Crippen MR) is 87.5 cm³/mol. The van der Waals surface area contributed by atoms with E-state index in [1.54, 1.807) is 12.1 Å². The number of hydrogen-bond acceptors (Lipinski definition) is 2. The van der Waals surface area contributed by atoms with Gasteiger partial charge in [0.05, 0.1) is 17.7 Å². The molecule has 0 aliphatic heterocycles. The van der Waals surface area contributed by atoms with E-state index in [4.69, 9.17) is 5.26 Å². The molecule has 3 nitrogen and oxygen atoms in total. The zero-order chi connectivity index (χ0) is 16.1. The van der Waals surface area contributed by atoms with Gasteiger partial charge in [0.1, 0.15) is 0 Å². The van der Waals surface area contributed by atoms with Crippen LogP contribution in [0.5, 0.6) is 0 Å². The highest BCUT2D eigenvalue weighted by Gasteiger charge is 2.21. The lowest BCUT2D eigenvalue weighted by molar-refractivity contribution is 0.0702. The highest BCUT2D eigenvalue weighted by molar-refractivity contribution is 5.94. The van der Waals surface area contributed by atoms with Crippen LogP contribution in [0.15, 0.2) is 48.5 Å². The van der Waals surface area contributed by atoms with E-state index in [-0.39, 0.29) is 11.9 Å². The molecule has 112 valence electrons. The number of carbonyl (C=O) groups excluding carboxylic acids is 1. The van der Waals surface area contributed by atoms with Crippen molar-refractivity contribution in [3.8, 4) is 6.07 Å². The highest BCUT2D eigenvalue weighted by atomic mass is 16.2. The van der Waals surface area contributed by atoms with Crippen LogP contribution in [0.4, 0.5) is 0 Å². The summed E-state index contributed by atoms with van der Waals surface area (Å²) >= 11 is 0. The lowest BCUT2D eigenvalue weighted by atomic mass is 10.0. The number of nitriles is 1. The molecule has 0 N–H and O–H groups in total. The molecule has 2 aromatic rings. The Labute approximate surface area is 131 Å². The molecule has 0 aliphatic rings. The van der Waals surface area contributed by atoms with Gasteiger partial charge in [0.25, 0.3) is 5.91 Å². The van der Waals surface area contributed by atoms with Crippen molar-refractivity contribution in [2.45, 2.75) is 26.8 Å². The quantitative estimate of drug-likeness (QED) is 0.852. The summed E-state index contributed by atoms with van der Waals surface area (Å²) in [6.07, 6.45) is 0. The molecule has 0 heterocycles. The third kappa shape index (κ3) is 3.35. The number of amides is 1. The topological polar surface area (TPSA) is 44.1 Å². The van der Waals surface area contributed by atoms with Gasteiger partial charge in [-0.1, -0.05) is 29.8 Å². The largest absolute Gasteiger partial charge is 0.332 e. The van der Waals surface area contributed by atoms with Crippen molar-refractivity contribution in [1.82, 2.24) is 4.90 Å². The molecule has 1 unspecified atom stereocenters. The fraction of sp³-hybridized carbons (Fsp3) is 0.263. The van der Waals surface area contributed by atoms with Crippen LogP contribution >= 0.6 is 0 Å². The number of aryl methyl sites for hydroxylation is 1. The second-order valence-electron chi connectivity index (χ2n) is 5.37. The molecule has 0 radical (unpaired) electrons. The molecule has 0 spiro atoms. The molecule has 0 saturated carbocycles. The van der Waals surface area contributed by atoms with Crippen LogP contribution in [0.3, 0.4) is 0 Å². The summed E-state index contributed by atoms with van der Waals surface area (Å²) in [6, 6.07) is 17.1. The Bertz CT molecular complexity index is 681. The van der Waals surface area contributed by atoms with Crippen LogP contribution in [0, 0.1) is 18.3 Å². The monoisotopic (exact) mass is 292 g/mol. The van der Waals surface area contributed by atoms with Gasteiger partial charge < -0.3 is 4.90 Å². The van der Waals surface area contributed by atoms with E-state index in [0.29, 0.717) is 17.7 Å². The Morgan fingerprint density at radius 1 is 1.14 bits per heavy atom. The minimum absolute atomic E-state index is 0.0272. The first-order chi connectivity index (χ1) is 10.6. The van der Waals surface area contributed by atoms with Crippen LogP contribution in [-0.2, 0) is 0 Å². The first-order valence-corrected chi connectivity index (χ1v) is 7.44. The van der Waals surface area contributed by atoms with E-state index >= 15 is 0 Å². The standard InChI is InChI=1S/C19H20N2O/c1-4-21(19(22)18-9-5-14(2)6-10-18)15(3)17-11-7-16(13-20)8-12-17/h5-12,15H,4H2,1-3H3. The molecular formula is C19H20N2O. The molecule has 0 aliphatic carbocycles. The van der Waals surface area contributed by atoms with Gasteiger partial charge >= 0.3 is 0 Å². The number of hydrogen-bond donors (Lipinski definition) is 0. The lowest BCUT2D eigenvalue weighted by Gasteiger charge is -2.28. The minimum Gasteiger partial charge on any atom is -0.332 e. The van der Waals surface area contributed by atoms with Crippen molar-refractivity contribution in [3.63, 3.8) is 0 Å². The summed E-state index contributed by atoms with van der Waals surface area (Å²) in [6.45, 7) is 6.63. The maximum atomic E-state index is 12.7. The molecule has 0 aromatic heterocycles. The van der Waals surface area contributed by atoms with Crippen LogP contribution < -0.4 is 0 Å². The summed E-state index contributed by atoms with van der Waals surface area (Å²) in [5, 5.41) is 8.87. The number of nitrogens with zero attached hydrogens (tertiary/aromatic N) is 2. The summed E-state index contributed by atoms with van der Waals surface area (Å²) < 4.78 is 0. The molecule has 1 atom stereocenters. The molecule has 2 rings (SSSR count). The average Bonchev–Trinajstić information content (AvgIpc) is 2.56. The molecule has 3 heteroatoms. The van der Waals surface area contributed by atoms with Crippen molar-refractivity contribution in [1.29, 1.82) is 5.26 Å². The van der Waals surface area contributed by atoms with Gasteiger partial charge in [0.2, 0.25) is 0 Å². The second-order valence-corrected chi connectivity index (χ2v) is 5.37. The Morgan fingerprint density at radius 2 is 1.73 bits per heavy atom. The molecule has 0 bridgehead atoms. The van der Waals surface area contributed by atoms with E-state index in [9.17, 15) is 4.79 Å². The molecule has 2 aromatic carbocycles. The number of benzene rings is 2. The summed E-state index contributed by atoms with van der Waals surface area (Å²) in [7, 11) is 0. The maximum Gasteiger partial charge on any atom is 0.254 e. The normalized spacial score (nSPS) is 11.5. The van der Waals surface area contributed by atoms with E-state index in [0.717, 1.165) is 11.1 Å². The zero-order valence-electron chi connectivity index (χ0n) is 13.2. The van der Waals surface area contributed by atoms with Gasteiger partial charge in [-0.3, -0.25) is 4.79 Å². The van der Waals surface area contributed by atoms with Crippen LogP contribution in [0.2, 0.25) is 0 Å². The molecule has 1 amide bonds. The van der Waals surface area contributed by atoms with Gasteiger partial charge in [-0.2, -0.15) is 5.26 Å². The van der Waals surface area contributed by atoms with Gasteiger partial charge in [0.15, 0.2) is 0 Å². The fourth-order valence-electron chi connectivity index (χ4n) is 2.47. The van der Waals surface area contributed by atoms with Crippen LogP contribution in [-0.4, -0.2) is 17.4 Å². The molecular weight excluding hydrogens is 272 g/mol. The second kappa shape index (κ2) is 6.91. The van der Waals surface area contributed by atoms with Crippen molar-refractivity contribution in [2.24, 2.45) is 0 Å². The Hall–Kier alpha value is -2.60. The van der Waals surface area contributed by atoms with Crippen LogP contribution in [0.25, 0.3) is 0 Å². The number of rotatable bonds is 4. The minimum atomic E-state index is -0.0356. The maximum absolute atomic E-state index is 12.7. The van der Waals surface area contributed by atoms with Crippen LogP contribution in [0.1, 0.15) is 46.9 Å². The first-order valence-electron chi connectivity index (χ1n) is 7.44. The highest BCUT2D eigenvalue weighted by Crippen LogP contribution is 2.22. The smallest absolute Gasteiger partial charge is 0.254 e. The lowest BCUT2D eigenvalue weighted by Crippen LogP contribution is -2.33. The van der Waals surface area contributed by atoms with E-state index < -0.39 is 0 Å². The molecule has 0 saturated heterocycles. The zero-order valence-corrected chi connectivity index (χ0v) is 13.2. The van der Waals surface area contributed by atoms with E-state index in [1.165, 1.54) is 0 Å². The van der Waals surface area contributed by atoms with Gasteiger partial charge in [-0.25, -0.2) is 0 Å². The predicted octanol–water partition coefficient (Wildman–Crippen LogP) is 4.09. The van der Waals surface area contributed by atoms with Crippen molar-refractivity contribution in [2.75, 3.05) is 6.54 Å². The van der Waals surface area contributed by atoms with Gasteiger partial charge in [-0.15, -0.1) is 0 Å². The SMILES string of the molecule is CCN(C(=O)c1ccc(C)cc1)C(C)c1ccc(C#N)cc1. The molecule has 22 heavy (non-hydrogen) atoms. The number of carbonyl (C=O) groups is 1. The van der Waals surface area contributed by atoms with Crippen molar-refractivity contribution < 1.29 is 4.79 Å². The molecule has 0 fully saturated rings. The van der Waals surface area contributed by atoms with E-state index in [2.05, 4.69) is 6.07 Å². The van der Waals surface area contributed by atoms with Gasteiger partial charge in [-0.05, 0) is 50.6 Å². The van der Waals surface area contributed by atoms with Gasteiger partial charge in [0, 0.05) is 12.1 Å². The van der Waals surface area contributed by atoms with E-state index in [1.807, 2.05) is 62.1 Å². The summed E-state index contributed by atoms with van der Waals surface area (Å²) in [5.41, 5.74) is 3.50. The van der Waals surface area contributed by atoms with Crippen molar-refractivity contribution >= 4 is 5.91 Å². The third-order valence-corrected chi connectivity index (χ3v) is 3.89.